The van der Waals surface area contributed by atoms with Crippen molar-refractivity contribution in [2.75, 3.05) is 13.7 Å². The molecule has 0 bridgehead atoms. The van der Waals surface area contributed by atoms with Crippen molar-refractivity contribution in [2.45, 2.75) is 6.54 Å². The van der Waals surface area contributed by atoms with Gasteiger partial charge in [0.1, 0.15) is 23.9 Å². The Bertz CT molecular complexity index is 1040. The van der Waals surface area contributed by atoms with Crippen LogP contribution < -0.4 is 9.47 Å². The molecule has 136 valence electrons. The van der Waals surface area contributed by atoms with Gasteiger partial charge in [-0.15, -0.1) is 0 Å². The number of fused-ring (bicyclic) bond motifs is 1. The van der Waals surface area contributed by atoms with Gasteiger partial charge >= 0.3 is 0 Å². The van der Waals surface area contributed by atoms with Crippen LogP contribution in [0.3, 0.4) is 0 Å². The van der Waals surface area contributed by atoms with Crippen molar-refractivity contribution in [2.24, 2.45) is 0 Å². The molecule has 27 heavy (non-hydrogen) atoms. The molecular formula is C22H19BrN2O2. The molecule has 0 spiro atoms. The largest absolute Gasteiger partial charge is 0.497 e. The van der Waals surface area contributed by atoms with Crippen LogP contribution in [0.1, 0.15) is 0 Å². The predicted octanol–water partition coefficient (Wildman–Crippen LogP) is 5.55. The molecule has 0 saturated carbocycles. The van der Waals surface area contributed by atoms with Crippen molar-refractivity contribution >= 4 is 27.0 Å². The molecule has 0 amide bonds. The zero-order valence-corrected chi connectivity index (χ0v) is 16.5. The van der Waals surface area contributed by atoms with Gasteiger partial charge in [0.2, 0.25) is 0 Å². The van der Waals surface area contributed by atoms with Crippen LogP contribution in [-0.4, -0.2) is 23.3 Å². The Labute approximate surface area is 166 Å². The molecule has 0 aliphatic carbocycles. The molecular weight excluding hydrogens is 404 g/mol. The summed E-state index contributed by atoms with van der Waals surface area (Å²) in [4.78, 5) is 4.84. The first-order chi connectivity index (χ1) is 13.2. The molecule has 0 aliphatic rings. The molecule has 5 heteroatoms. The van der Waals surface area contributed by atoms with Gasteiger partial charge in [-0.25, -0.2) is 4.98 Å². The molecule has 0 N–H and O–H groups in total. The highest BCUT2D eigenvalue weighted by Crippen LogP contribution is 2.26. The third kappa shape index (κ3) is 3.83. The van der Waals surface area contributed by atoms with Gasteiger partial charge in [-0.3, -0.25) is 0 Å². The first kappa shape index (κ1) is 17.6. The molecule has 0 unspecified atom stereocenters. The second kappa shape index (κ2) is 7.84. The topological polar surface area (TPSA) is 36.3 Å². The number of benzene rings is 3. The van der Waals surface area contributed by atoms with Crippen LogP contribution in [0.15, 0.2) is 77.3 Å². The number of rotatable bonds is 6. The molecule has 1 aromatic heterocycles. The minimum Gasteiger partial charge on any atom is -0.497 e. The quantitative estimate of drug-likeness (QED) is 0.408. The van der Waals surface area contributed by atoms with E-state index < -0.39 is 0 Å². The summed E-state index contributed by atoms with van der Waals surface area (Å²) >= 11 is 3.49. The number of methoxy groups -OCH3 is 1. The zero-order valence-electron chi connectivity index (χ0n) is 14.9. The number of ether oxygens (including phenoxy) is 2. The van der Waals surface area contributed by atoms with Crippen LogP contribution >= 0.6 is 15.9 Å². The van der Waals surface area contributed by atoms with Crippen LogP contribution in [0, 0.1) is 0 Å². The SMILES string of the molecule is COc1ccc(OCCn2c(-c3ccc(Br)cc3)nc3ccccc32)cc1. The van der Waals surface area contributed by atoms with E-state index in [-0.39, 0.29) is 0 Å². The van der Waals surface area contributed by atoms with Gasteiger partial charge in [-0.2, -0.15) is 0 Å². The smallest absolute Gasteiger partial charge is 0.141 e. The number of imidazole rings is 1. The van der Waals surface area contributed by atoms with Crippen LogP contribution in [0.5, 0.6) is 11.5 Å². The Kier molecular flexibility index (Phi) is 5.12. The number of hydrogen-bond acceptors (Lipinski definition) is 3. The standard InChI is InChI=1S/C22H19BrN2O2/c1-26-18-10-12-19(13-11-18)27-15-14-25-21-5-3-2-4-20(21)24-22(25)16-6-8-17(23)9-7-16/h2-13H,14-15H2,1H3. The average Bonchev–Trinajstić information content (AvgIpc) is 3.08. The molecule has 0 aliphatic heterocycles. The minimum absolute atomic E-state index is 0.552. The number of halogens is 1. The maximum atomic E-state index is 5.93. The molecule has 0 radical (unpaired) electrons. The van der Waals surface area contributed by atoms with E-state index >= 15 is 0 Å². The Balaban J connectivity index is 1.59. The van der Waals surface area contributed by atoms with Gasteiger partial charge in [-0.1, -0.05) is 40.2 Å². The van der Waals surface area contributed by atoms with Gasteiger partial charge in [0.05, 0.1) is 24.7 Å². The fourth-order valence-corrected chi connectivity index (χ4v) is 3.31. The third-order valence-corrected chi connectivity index (χ3v) is 4.93. The second-order valence-electron chi connectivity index (χ2n) is 6.11. The van der Waals surface area contributed by atoms with Gasteiger partial charge in [0.25, 0.3) is 0 Å². The molecule has 3 aromatic carbocycles. The summed E-state index contributed by atoms with van der Waals surface area (Å²) in [7, 11) is 1.66. The van der Waals surface area contributed by atoms with Crippen molar-refractivity contribution in [1.29, 1.82) is 0 Å². The summed E-state index contributed by atoms with van der Waals surface area (Å²) < 4.78 is 14.4. The first-order valence-corrected chi connectivity index (χ1v) is 9.52. The van der Waals surface area contributed by atoms with E-state index in [9.17, 15) is 0 Å². The van der Waals surface area contributed by atoms with Crippen molar-refractivity contribution in [3.63, 3.8) is 0 Å². The zero-order chi connectivity index (χ0) is 18.6. The summed E-state index contributed by atoms with van der Waals surface area (Å²) in [5.41, 5.74) is 3.17. The van der Waals surface area contributed by atoms with Gasteiger partial charge in [0, 0.05) is 10.0 Å². The fourth-order valence-electron chi connectivity index (χ4n) is 3.05. The highest BCUT2D eigenvalue weighted by atomic mass is 79.9. The van der Waals surface area contributed by atoms with Crippen LogP contribution in [0.2, 0.25) is 0 Å². The lowest BCUT2D eigenvalue weighted by molar-refractivity contribution is 0.300. The summed E-state index contributed by atoms with van der Waals surface area (Å²) in [6.07, 6.45) is 0. The van der Waals surface area contributed by atoms with Crippen LogP contribution in [0.25, 0.3) is 22.4 Å². The highest BCUT2D eigenvalue weighted by Gasteiger charge is 2.12. The summed E-state index contributed by atoms with van der Waals surface area (Å²) in [5, 5.41) is 0. The van der Waals surface area contributed by atoms with E-state index in [1.807, 2.05) is 54.6 Å². The number of nitrogens with zero attached hydrogens (tertiary/aromatic N) is 2. The predicted molar refractivity (Wildman–Crippen MR) is 111 cm³/mol. The number of hydrogen-bond donors (Lipinski definition) is 0. The maximum absolute atomic E-state index is 5.93. The lowest BCUT2D eigenvalue weighted by Crippen LogP contribution is -2.09. The van der Waals surface area contributed by atoms with Crippen molar-refractivity contribution < 1.29 is 9.47 Å². The number of aromatic nitrogens is 2. The van der Waals surface area contributed by atoms with Crippen molar-refractivity contribution in [3.8, 4) is 22.9 Å². The molecule has 4 rings (SSSR count). The Morgan fingerprint density at radius 1 is 0.889 bits per heavy atom. The van der Waals surface area contributed by atoms with Gasteiger partial charge in [0.15, 0.2) is 0 Å². The van der Waals surface area contributed by atoms with Crippen molar-refractivity contribution in [1.82, 2.24) is 9.55 Å². The lowest BCUT2D eigenvalue weighted by Gasteiger charge is -2.11. The molecule has 0 fully saturated rings. The molecule has 0 atom stereocenters. The maximum Gasteiger partial charge on any atom is 0.141 e. The Morgan fingerprint density at radius 3 is 2.33 bits per heavy atom. The lowest BCUT2D eigenvalue weighted by atomic mass is 10.2. The monoisotopic (exact) mass is 422 g/mol. The van der Waals surface area contributed by atoms with Crippen LogP contribution in [-0.2, 0) is 6.54 Å². The normalized spacial score (nSPS) is 10.9. The van der Waals surface area contributed by atoms with E-state index in [0.29, 0.717) is 13.2 Å². The highest BCUT2D eigenvalue weighted by molar-refractivity contribution is 9.10. The average molecular weight is 423 g/mol. The summed E-state index contributed by atoms with van der Waals surface area (Å²) in [6, 6.07) is 24.0. The van der Waals surface area contributed by atoms with E-state index in [1.54, 1.807) is 7.11 Å². The van der Waals surface area contributed by atoms with E-state index in [4.69, 9.17) is 14.5 Å². The van der Waals surface area contributed by atoms with Gasteiger partial charge in [-0.05, 0) is 48.5 Å². The summed E-state index contributed by atoms with van der Waals surface area (Å²) in [5.74, 6) is 2.59. The first-order valence-electron chi connectivity index (χ1n) is 8.72. The minimum atomic E-state index is 0.552. The van der Waals surface area contributed by atoms with E-state index in [0.717, 1.165) is 38.4 Å². The van der Waals surface area contributed by atoms with Gasteiger partial charge < -0.3 is 14.0 Å². The van der Waals surface area contributed by atoms with E-state index in [2.05, 4.69) is 38.7 Å². The van der Waals surface area contributed by atoms with Crippen molar-refractivity contribution in [3.05, 3.63) is 77.3 Å². The molecule has 1 heterocycles. The Hall–Kier alpha value is -2.79. The third-order valence-electron chi connectivity index (χ3n) is 4.40. The Morgan fingerprint density at radius 2 is 1.59 bits per heavy atom. The van der Waals surface area contributed by atoms with E-state index in [1.165, 1.54) is 0 Å². The number of para-hydroxylation sites is 2. The summed E-state index contributed by atoms with van der Waals surface area (Å²) in [6.45, 7) is 1.26. The van der Waals surface area contributed by atoms with Crippen LogP contribution in [0.4, 0.5) is 0 Å². The molecule has 0 saturated heterocycles. The fraction of sp³-hybridized carbons (Fsp3) is 0.136. The molecule has 4 nitrogen and oxygen atoms in total. The molecule has 4 aromatic rings. The second-order valence-corrected chi connectivity index (χ2v) is 7.02.